The molecule has 10 nitrogen and oxygen atoms in total. The summed E-state index contributed by atoms with van der Waals surface area (Å²) in [6, 6.07) is 6.74. The molecule has 0 saturated carbocycles. The molecule has 162 valence electrons. The van der Waals surface area contributed by atoms with Gasteiger partial charge in [-0.1, -0.05) is 19.1 Å². The minimum atomic E-state index is -1.28. The first-order valence-electron chi connectivity index (χ1n) is 9.96. The second kappa shape index (κ2) is 9.33. The van der Waals surface area contributed by atoms with Crippen molar-refractivity contribution in [2.24, 2.45) is 0 Å². The molecule has 0 spiro atoms. The van der Waals surface area contributed by atoms with Crippen molar-refractivity contribution in [1.29, 1.82) is 0 Å². The van der Waals surface area contributed by atoms with Gasteiger partial charge in [0.1, 0.15) is 6.33 Å². The molecule has 0 aliphatic carbocycles. The summed E-state index contributed by atoms with van der Waals surface area (Å²) in [6.45, 7) is 3.51. The molecule has 1 aliphatic heterocycles. The zero-order valence-electron chi connectivity index (χ0n) is 17.0. The number of aliphatic hydroxyl groups excluding tert-OH is 2. The van der Waals surface area contributed by atoms with Crippen LogP contribution in [-0.4, -0.2) is 53.8 Å². The minimum absolute atomic E-state index is 0.0964. The van der Waals surface area contributed by atoms with E-state index >= 15 is 0 Å². The van der Waals surface area contributed by atoms with Crippen molar-refractivity contribution >= 4 is 11.8 Å². The summed E-state index contributed by atoms with van der Waals surface area (Å²) < 4.78 is 2.69. The van der Waals surface area contributed by atoms with E-state index in [2.05, 4.69) is 5.10 Å². The standard InChI is InChI=1S/C20H26N4O6/c1-3-16(13(2)25)23-20(29)22(12-21-23)15-7-4-14(5-8-15)6-11-19(28)30-24-17(26)9-10-18(24)27/h4-5,7-8,12-13,16,19,25,28H,3,6,9-11H2,1-2H3/t13-,16?,19?/m0/s1. The zero-order chi connectivity index (χ0) is 21.8. The summed E-state index contributed by atoms with van der Waals surface area (Å²) in [5.74, 6) is -0.898. The number of imide groups is 1. The van der Waals surface area contributed by atoms with Crippen LogP contribution in [0.25, 0.3) is 5.69 Å². The van der Waals surface area contributed by atoms with Crippen LogP contribution in [0.2, 0.25) is 0 Å². The Morgan fingerprint density at radius 1 is 1.10 bits per heavy atom. The van der Waals surface area contributed by atoms with E-state index < -0.39 is 30.3 Å². The first-order chi connectivity index (χ1) is 14.3. The Bertz CT molecular complexity index is 933. The average Bonchev–Trinajstić information content (AvgIpc) is 3.24. The monoisotopic (exact) mass is 418 g/mol. The molecule has 0 radical (unpaired) electrons. The number of carbonyl (C=O) groups is 2. The summed E-state index contributed by atoms with van der Waals surface area (Å²) in [6.07, 6.45) is 0.864. The number of hydrogen-bond acceptors (Lipinski definition) is 7. The van der Waals surface area contributed by atoms with Gasteiger partial charge in [-0.25, -0.2) is 18.9 Å². The van der Waals surface area contributed by atoms with Crippen LogP contribution in [0.15, 0.2) is 35.4 Å². The Labute approximate surface area is 173 Å². The van der Waals surface area contributed by atoms with Gasteiger partial charge in [0.25, 0.3) is 11.8 Å². The predicted molar refractivity (Wildman–Crippen MR) is 105 cm³/mol. The molecular formula is C20H26N4O6. The van der Waals surface area contributed by atoms with Gasteiger partial charge in [-0.05, 0) is 37.5 Å². The third kappa shape index (κ3) is 4.66. The third-order valence-corrected chi connectivity index (χ3v) is 5.11. The fraction of sp³-hybridized carbons (Fsp3) is 0.500. The van der Waals surface area contributed by atoms with Gasteiger partial charge >= 0.3 is 5.69 Å². The first-order valence-corrected chi connectivity index (χ1v) is 9.96. The molecule has 2 amide bonds. The Morgan fingerprint density at radius 2 is 1.73 bits per heavy atom. The normalized spacial score (nSPS) is 17.4. The van der Waals surface area contributed by atoms with Gasteiger partial charge in [0.2, 0.25) is 0 Å². The van der Waals surface area contributed by atoms with E-state index in [1.165, 1.54) is 15.6 Å². The van der Waals surface area contributed by atoms with Crippen molar-refractivity contribution in [2.45, 2.75) is 64.4 Å². The largest absolute Gasteiger partial charge is 0.391 e. The van der Waals surface area contributed by atoms with Crippen molar-refractivity contribution in [3.8, 4) is 5.69 Å². The van der Waals surface area contributed by atoms with Gasteiger partial charge in [0, 0.05) is 19.3 Å². The van der Waals surface area contributed by atoms with Gasteiger partial charge in [-0.15, -0.1) is 0 Å². The van der Waals surface area contributed by atoms with E-state index in [1.54, 1.807) is 19.1 Å². The van der Waals surface area contributed by atoms with Crippen LogP contribution < -0.4 is 5.69 Å². The Hall–Kier alpha value is -2.82. The van der Waals surface area contributed by atoms with Crippen LogP contribution in [-0.2, 0) is 20.8 Å². The molecule has 0 bridgehead atoms. The van der Waals surface area contributed by atoms with Crippen LogP contribution in [0, 0.1) is 0 Å². The Morgan fingerprint density at radius 3 is 2.30 bits per heavy atom. The number of aryl methyl sites for hydroxylation is 1. The lowest BCUT2D eigenvalue weighted by Gasteiger charge is -2.18. The van der Waals surface area contributed by atoms with E-state index in [0.717, 1.165) is 5.56 Å². The van der Waals surface area contributed by atoms with Gasteiger partial charge in [0.05, 0.1) is 17.8 Å². The maximum Gasteiger partial charge on any atom is 0.350 e. The van der Waals surface area contributed by atoms with Crippen molar-refractivity contribution in [2.75, 3.05) is 0 Å². The molecule has 2 heterocycles. The van der Waals surface area contributed by atoms with E-state index in [1.807, 2.05) is 19.1 Å². The van der Waals surface area contributed by atoms with E-state index in [9.17, 15) is 24.6 Å². The number of carbonyl (C=O) groups excluding carboxylic acids is 2. The van der Waals surface area contributed by atoms with Crippen LogP contribution in [0.1, 0.15) is 51.1 Å². The maximum absolute atomic E-state index is 12.6. The molecule has 2 unspecified atom stereocenters. The molecule has 1 aromatic carbocycles. The fourth-order valence-corrected chi connectivity index (χ4v) is 3.40. The SMILES string of the molecule is CCC([C@H](C)O)n1ncn(-c2ccc(CCC(O)ON3C(=O)CCC3=O)cc2)c1=O. The highest BCUT2D eigenvalue weighted by atomic mass is 16.8. The molecule has 1 saturated heterocycles. The van der Waals surface area contributed by atoms with Crippen molar-refractivity contribution in [3.63, 3.8) is 0 Å². The summed E-state index contributed by atoms with van der Waals surface area (Å²) in [4.78, 5) is 40.7. The number of amides is 2. The summed E-state index contributed by atoms with van der Waals surface area (Å²) in [5.41, 5.74) is 1.18. The second-order valence-electron chi connectivity index (χ2n) is 7.29. The highest BCUT2D eigenvalue weighted by Gasteiger charge is 2.32. The molecule has 30 heavy (non-hydrogen) atoms. The molecular weight excluding hydrogens is 392 g/mol. The van der Waals surface area contributed by atoms with Crippen LogP contribution in [0.3, 0.4) is 0 Å². The molecule has 3 rings (SSSR count). The fourth-order valence-electron chi connectivity index (χ4n) is 3.40. The quantitative estimate of drug-likeness (QED) is 0.453. The lowest BCUT2D eigenvalue weighted by Crippen LogP contribution is -2.34. The number of hydrogen-bond donors (Lipinski definition) is 2. The molecule has 3 atom stereocenters. The molecule has 1 aliphatic rings. The minimum Gasteiger partial charge on any atom is -0.391 e. The van der Waals surface area contributed by atoms with Gasteiger partial charge < -0.3 is 10.2 Å². The molecule has 10 heteroatoms. The summed E-state index contributed by atoms with van der Waals surface area (Å²) >= 11 is 0. The highest BCUT2D eigenvalue weighted by Crippen LogP contribution is 2.17. The lowest BCUT2D eigenvalue weighted by atomic mass is 10.1. The first kappa shape index (κ1) is 21.9. The van der Waals surface area contributed by atoms with E-state index in [-0.39, 0.29) is 25.0 Å². The van der Waals surface area contributed by atoms with Crippen LogP contribution in [0.5, 0.6) is 0 Å². The number of aliphatic hydroxyl groups is 2. The Kier molecular flexibility index (Phi) is 6.80. The number of aromatic nitrogens is 3. The number of nitrogens with zero attached hydrogens (tertiary/aromatic N) is 4. The molecule has 1 fully saturated rings. The van der Waals surface area contributed by atoms with Crippen molar-refractivity contribution in [3.05, 3.63) is 46.6 Å². The Balaban J connectivity index is 1.62. The topological polar surface area (TPSA) is 127 Å². The van der Waals surface area contributed by atoms with Crippen molar-refractivity contribution in [1.82, 2.24) is 19.4 Å². The zero-order valence-corrected chi connectivity index (χ0v) is 17.0. The molecule has 2 N–H and O–H groups in total. The van der Waals surface area contributed by atoms with Gasteiger partial charge in [0.15, 0.2) is 6.29 Å². The summed E-state index contributed by atoms with van der Waals surface area (Å²) in [5, 5.41) is 24.6. The molecule has 2 aromatic rings. The lowest BCUT2D eigenvalue weighted by molar-refractivity contribution is -0.245. The highest BCUT2D eigenvalue weighted by molar-refractivity contribution is 6.00. The number of hydroxylamine groups is 2. The predicted octanol–water partition coefficient (Wildman–Crippen LogP) is 0.697. The van der Waals surface area contributed by atoms with E-state index in [0.29, 0.717) is 23.6 Å². The number of rotatable bonds is 9. The third-order valence-electron chi connectivity index (χ3n) is 5.11. The summed E-state index contributed by atoms with van der Waals surface area (Å²) in [7, 11) is 0. The smallest absolute Gasteiger partial charge is 0.350 e. The maximum atomic E-state index is 12.6. The average molecular weight is 418 g/mol. The van der Waals surface area contributed by atoms with Gasteiger partial charge in [-0.3, -0.25) is 9.59 Å². The van der Waals surface area contributed by atoms with Gasteiger partial charge in [-0.2, -0.15) is 10.2 Å². The molecule has 1 aromatic heterocycles. The van der Waals surface area contributed by atoms with Crippen LogP contribution in [0.4, 0.5) is 0 Å². The second-order valence-corrected chi connectivity index (χ2v) is 7.29. The van der Waals surface area contributed by atoms with Crippen molar-refractivity contribution < 1.29 is 24.6 Å². The van der Waals surface area contributed by atoms with Crippen LogP contribution >= 0.6 is 0 Å². The number of benzene rings is 1. The van der Waals surface area contributed by atoms with E-state index in [4.69, 9.17) is 4.84 Å².